The number of aryl methyl sites for hydroxylation is 1. The molecule has 0 unspecified atom stereocenters. The molecule has 4 aromatic rings. The summed E-state index contributed by atoms with van der Waals surface area (Å²) in [6.45, 7) is 4.94. The van der Waals surface area contributed by atoms with E-state index in [9.17, 15) is 9.59 Å². The third kappa shape index (κ3) is 4.49. The molecule has 11 nitrogen and oxygen atoms in total. The highest BCUT2D eigenvalue weighted by Gasteiger charge is 2.37. The minimum Gasteiger partial charge on any atom is -0.469 e. The van der Waals surface area contributed by atoms with Crippen molar-refractivity contribution in [3.8, 4) is 5.69 Å². The van der Waals surface area contributed by atoms with Crippen LogP contribution in [0.25, 0.3) is 11.2 Å². The zero-order chi connectivity index (χ0) is 26.2. The Kier molecular flexibility index (Phi) is 6.28. The number of aromatic nitrogens is 5. The summed E-state index contributed by atoms with van der Waals surface area (Å²) in [6, 6.07) is 9.70. The normalized spacial score (nSPS) is 19.3. The Morgan fingerprint density at radius 2 is 1.87 bits per heavy atom. The zero-order valence-electron chi connectivity index (χ0n) is 21.3. The maximum Gasteiger partial charge on any atom is 0.308 e. The number of ether oxygens (including phenoxy) is 2. The Morgan fingerprint density at radius 3 is 2.66 bits per heavy atom. The van der Waals surface area contributed by atoms with E-state index in [0.717, 1.165) is 41.2 Å². The standard InChI is InChI=1S/C27H29N7O4/c1-17-3-4-21(34-29-16-24(31-34)18-11-19(12-18)27(36)37-2)13-23(17)30-26(35)22-15-28-33-6-5-20(14-25(22)33)32-7-9-38-10-8-32/h3-6,13-16,18-19H,7-12H2,1-2H3,(H,30,35). The van der Waals surface area contributed by atoms with Crippen molar-refractivity contribution in [2.45, 2.75) is 25.7 Å². The summed E-state index contributed by atoms with van der Waals surface area (Å²) in [6.07, 6.45) is 6.63. The minimum absolute atomic E-state index is 0.0683. The van der Waals surface area contributed by atoms with Crippen LogP contribution in [-0.4, -0.2) is 69.9 Å². The highest BCUT2D eigenvalue weighted by Crippen LogP contribution is 2.41. The lowest BCUT2D eigenvalue weighted by Crippen LogP contribution is -2.36. The van der Waals surface area contributed by atoms with E-state index in [1.165, 1.54) is 7.11 Å². The van der Waals surface area contributed by atoms with E-state index in [4.69, 9.17) is 9.47 Å². The third-order valence-corrected chi connectivity index (χ3v) is 7.43. The average molecular weight is 516 g/mol. The molecule has 1 aromatic carbocycles. The van der Waals surface area contributed by atoms with Crippen molar-refractivity contribution in [3.63, 3.8) is 0 Å². The van der Waals surface area contributed by atoms with Crippen molar-refractivity contribution < 1.29 is 19.1 Å². The number of morpholine rings is 1. The predicted molar refractivity (Wildman–Crippen MR) is 140 cm³/mol. The Morgan fingerprint density at radius 1 is 1.05 bits per heavy atom. The number of anilines is 2. The van der Waals surface area contributed by atoms with Gasteiger partial charge in [-0.2, -0.15) is 20.1 Å². The SMILES string of the molecule is COC(=O)C1CC(c2cnn(-c3ccc(C)c(NC(=O)c4cnn5ccc(N6CCOCC6)cc45)c3)n2)C1. The number of carbonyl (C=O) groups is 2. The monoisotopic (exact) mass is 515 g/mol. The molecule has 0 radical (unpaired) electrons. The van der Waals surface area contributed by atoms with Crippen LogP contribution in [0.1, 0.15) is 40.4 Å². The van der Waals surface area contributed by atoms with E-state index in [0.29, 0.717) is 37.3 Å². The van der Waals surface area contributed by atoms with Crippen LogP contribution >= 0.6 is 0 Å². The van der Waals surface area contributed by atoms with Crippen molar-refractivity contribution in [1.82, 2.24) is 24.6 Å². The topological polar surface area (TPSA) is 116 Å². The van der Waals surface area contributed by atoms with E-state index in [-0.39, 0.29) is 23.7 Å². The van der Waals surface area contributed by atoms with Gasteiger partial charge in [0.1, 0.15) is 0 Å². The summed E-state index contributed by atoms with van der Waals surface area (Å²) < 4.78 is 12.0. The van der Waals surface area contributed by atoms with Crippen LogP contribution in [-0.2, 0) is 14.3 Å². The van der Waals surface area contributed by atoms with Crippen LogP contribution in [0.3, 0.4) is 0 Å². The maximum atomic E-state index is 13.4. The Hall–Kier alpha value is -4.25. The van der Waals surface area contributed by atoms with Crippen LogP contribution in [0.15, 0.2) is 48.9 Å². The molecule has 0 bridgehead atoms. The molecule has 6 rings (SSSR count). The molecule has 38 heavy (non-hydrogen) atoms. The number of rotatable bonds is 6. The van der Waals surface area contributed by atoms with E-state index < -0.39 is 0 Å². The number of hydrogen-bond acceptors (Lipinski definition) is 8. The molecule has 2 aliphatic rings. The second kappa shape index (κ2) is 9.90. The van der Waals surface area contributed by atoms with Crippen molar-refractivity contribution in [2.75, 3.05) is 43.6 Å². The first-order chi connectivity index (χ1) is 18.5. The molecule has 2 fully saturated rings. The fraction of sp³-hybridized carbons (Fsp3) is 0.370. The highest BCUT2D eigenvalue weighted by molar-refractivity contribution is 6.09. The summed E-state index contributed by atoms with van der Waals surface area (Å²) in [4.78, 5) is 28.8. The lowest BCUT2D eigenvalue weighted by atomic mass is 9.73. The van der Waals surface area contributed by atoms with Crippen LogP contribution in [0.4, 0.5) is 11.4 Å². The number of benzene rings is 1. The maximum absolute atomic E-state index is 13.4. The lowest BCUT2D eigenvalue weighted by molar-refractivity contribution is -0.148. The van der Waals surface area contributed by atoms with Gasteiger partial charge < -0.3 is 19.7 Å². The first-order valence-electron chi connectivity index (χ1n) is 12.7. The Labute approximate surface area is 219 Å². The molecule has 0 spiro atoms. The van der Waals surface area contributed by atoms with Crippen molar-refractivity contribution in [2.24, 2.45) is 5.92 Å². The predicted octanol–water partition coefficient (Wildman–Crippen LogP) is 2.98. The minimum atomic E-state index is -0.239. The van der Waals surface area contributed by atoms with Crippen molar-refractivity contribution >= 4 is 28.8 Å². The van der Waals surface area contributed by atoms with E-state index in [1.807, 2.05) is 43.5 Å². The largest absolute Gasteiger partial charge is 0.469 e. The fourth-order valence-corrected chi connectivity index (χ4v) is 5.03. The molecule has 0 atom stereocenters. The van der Waals surface area contributed by atoms with Gasteiger partial charge in [0.05, 0.1) is 61.1 Å². The van der Waals surface area contributed by atoms with Gasteiger partial charge in [0, 0.05) is 36.6 Å². The van der Waals surface area contributed by atoms with Gasteiger partial charge in [-0.05, 0) is 49.6 Å². The molecule has 1 saturated carbocycles. The van der Waals surface area contributed by atoms with Crippen LogP contribution < -0.4 is 10.2 Å². The number of hydrogen-bond donors (Lipinski definition) is 1. The number of esters is 1. The second-order valence-corrected chi connectivity index (χ2v) is 9.77. The summed E-state index contributed by atoms with van der Waals surface area (Å²) in [7, 11) is 1.41. The van der Waals surface area contributed by atoms with E-state index >= 15 is 0 Å². The molecule has 4 heterocycles. The van der Waals surface area contributed by atoms with Gasteiger partial charge in [0.25, 0.3) is 5.91 Å². The van der Waals surface area contributed by atoms with Gasteiger partial charge in [-0.25, -0.2) is 4.52 Å². The number of methoxy groups -OCH3 is 1. The highest BCUT2D eigenvalue weighted by atomic mass is 16.5. The quantitative estimate of drug-likeness (QED) is 0.390. The van der Waals surface area contributed by atoms with Crippen LogP contribution in [0, 0.1) is 12.8 Å². The Balaban J connectivity index is 1.20. The number of nitrogens with one attached hydrogen (secondary N) is 1. The summed E-state index contributed by atoms with van der Waals surface area (Å²) >= 11 is 0. The number of carbonyl (C=O) groups excluding carboxylic acids is 2. The molecule has 3 aromatic heterocycles. The molecule has 11 heteroatoms. The van der Waals surface area contributed by atoms with Gasteiger partial charge in [0.15, 0.2) is 0 Å². The Bertz CT molecular complexity index is 1500. The molecular formula is C27H29N7O4. The van der Waals surface area contributed by atoms with Crippen molar-refractivity contribution in [1.29, 1.82) is 0 Å². The fourth-order valence-electron chi connectivity index (χ4n) is 5.03. The van der Waals surface area contributed by atoms with Crippen molar-refractivity contribution in [3.05, 3.63) is 65.7 Å². The van der Waals surface area contributed by atoms with Crippen LogP contribution in [0.5, 0.6) is 0 Å². The smallest absolute Gasteiger partial charge is 0.308 e. The van der Waals surface area contributed by atoms with E-state index in [1.54, 1.807) is 21.7 Å². The summed E-state index contributed by atoms with van der Waals surface area (Å²) in [5.74, 6) is -0.287. The number of pyridine rings is 1. The van der Waals surface area contributed by atoms with Gasteiger partial charge >= 0.3 is 5.97 Å². The second-order valence-electron chi connectivity index (χ2n) is 9.77. The summed E-state index contributed by atoms with van der Waals surface area (Å²) in [5.41, 5.74) is 5.44. The average Bonchev–Trinajstić information content (AvgIpc) is 3.57. The molecule has 1 N–H and O–H groups in total. The zero-order valence-corrected chi connectivity index (χ0v) is 21.3. The molecule has 1 aliphatic heterocycles. The number of nitrogens with zero attached hydrogens (tertiary/aromatic N) is 6. The first kappa shape index (κ1) is 24.1. The molecule has 1 saturated heterocycles. The molecular weight excluding hydrogens is 486 g/mol. The van der Waals surface area contributed by atoms with Gasteiger partial charge in [0.2, 0.25) is 0 Å². The molecule has 196 valence electrons. The number of amides is 1. The first-order valence-corrected chi connectivity index (χ1v) is 12.7. The van der Waals surface area contributed by atoms with E-state index in [2.05, 4.69) is 25.5 Å². The molecule has 1 amide bonds. The van der Waals surface area contributed by atoms with Gasteiger partial charge in [-0.15, -0.1) is 0 Å². The van der Waals surface area contributed by atoms with Gasteiger partial charge in [-0.1, -0.05) is 6.07 Å². The van der Waals surface area contributed by atoms with Crippen LogP contribution in [0.2, 0.25) is 0 Å². The number of fused-ring (bicyclic) bond motifs is 1. The summed E-state index contributed by atoms with van der Waals surface area (Å²) in [5, 5.41) is 16.5. The third-order valence-electron chi connectivity index (χ3n) is 7.43. The lowest BCUT2D eigenvalue weighted by Gasteiger charge is -2.31. The molecule has 1 aliphatic carbocycles. The van der Waals surface area contributed by atoms with Gasteiger partial charge in [-0.3, -0.25) is 9.59 Å².